The highest BCUT2D eigenvalue weighted by Crippen LogP contribution is 2.24. The zero-order valence-corrected chi connectivity index (χ0v) is 21.2. The van der Waals surface area contributed by atoms with E-state index in [9.17, 15) is 9.59 Å². The maximum absolute atomic E-state index is 12.6. The Morgan fingerprint density at radius 1 is 1.00 bits per heavy atom. The monoisotopic (exact) mass is 571 g/mol. The first kappa shape index (κ1) is 25.1. The SMILES string of the molecule is Cc1cc(Br)ccc1OCC(=O)NNC(=S)NC(=O)c1cc(Br)ccc1OCC(C)C. The van der Waals surface area contributed by atoms with Gasteiger partial charge in [-0.05, 0) is 67.0 Å². The van der Waals surface area contributed by atoms with E-state index in [-0.39, 0.29) is 11.7 Å². The molecule has 0 aliphatic rings. The number of benzene rings is 2. The number of aryl methyl sites for hydroxylation is 1. The van der Waals surface area contributed by atoms with Crippen LogP contribution in [0.25, 0.3) is 0 Å². The first-order valence-electron chi connectivity index (χ1n) is 9.37. The molecule has 0 bridgehead atoms. The van der Waals surface area contributed by atoms with E-state index in [1.165, 1.54) is 0 Å². The molecule has 0 unspecified atom stereocenters. The molecule has 2 aromatic rings. The smallest absolute Gasteiger partial charge is 0.276 e. The number of hydrogen-bond acceptors (Lipinski definition) is 5. The van der Waals surface area contributed by atoms with E-state index in [0.717, 1.165) is 14.5 Å². The molecule has 0 aliphatic heterocycles. The van der Waals surface area contributed by atoms with Gasteiger partial charge in [0.15, 0.2) is 11.7 Å². The minimum absolute atomic E-state index is 0.0621. The van der Waals surface area contributed by atoms with Gasteiger partial charge >= 0.3 is 0 Å². The summed E-state index contributed by atoms with van der Waals surface area (Å²) >= 11 is 11.8. The van der Waals surface area contributed by atoms with Crippen LogP contribution in [0, 0.1) is 12.8 Å². The van der Waals surface area contributed by atoms with Crippen LogP contribution < -0.4 is 25.6 Å². The average Bonchev–Trinajstić information content (AvgIpc) is 2.70. The largest absolute Gasteiger partial charge is 0.492 e. The Morgan fingerprint density at radius 2 is 1.65 bits per heavy atom. The zero-order valence-electron chi connectivity index (χ0n) is 17.3. The predicted molar refractivity (Wildman–Crippen MR) is 130 cm³/mol. The molecular formula is C21H23Br2N3O4S. The normalized spacial score (nSPS) is 10.4. The minimum Gasteiger partial charge on any atom is -0.492 e. The number of hydrogen-bond donors (Lipinski definition) is 3. The van der Waals surface area contributed by atoms with Crippen LogP contribution in [0.4, 0.5) is 0 Å². The summed E-state index contributed by atoms with van der Waals surface area (Å²) in [5.41, 5.74) is 6.08. The summed E-state index contributed by atoms with van der Waals surface area (Å²) in [6.07, 6.45) is 0. The van der Waals surface area contributed by atoms with Crippen molar-refractivity contribution in [3.63, 3.8) is 0 Å². The fourth-order valence-corrected chi connectivity index (χ4v) is 3.32. The molecule has 0 heterocycles. The van der Waals surface area contributed by atoms with E-state index < -0.39 is 11.8 Å². The Kier molecular flexibility index (Phi) is 9.73. The van der Waals surface area contributed by atoms with Crippen molar-refractivity contribution < 1.29 is 19.1 Å². The van der Waals surface area contributed by atoms with Gasteiger partial charge < -0.3 is 9.47 Å². The first-order valence-corrected chi connectivity index (χ1v) is 11.4. The van der Waals surface area contributed by atoms with Crippen molar-refractivity contribution >= 4 is 61.0 Å². The molecule has 0 saturated carbocycles. The quantitative estimate of drug-likeness (QED) is 0.339. The molecule has 0 atom stereocenters. The maximum Gasteiger partial charge on any atom is 0.276 e. The number of thiocarbonyl (C=S) groups is 1. The van der Waals surface area contributed by atoms with Gasteiger partial charge in [-0.25, -0.2) is 0 Å². The molecule has 31 heavy (non-hydrogen) atoms. The third kappa shape index (κ3) is 8.47. The highest BCUT2D eigenvalue weighted by atomic mass is 79.9. The van der Waals surface area contributed by atoms with Gasteiger partial charge in [0.25, 0.3) is 11.8 Å². The standard InChI is InChI=1S/C21H23Br2N3O4S/c1-12(2)10-29-18-7-5-15(23)9-16(18)20(28)24-21(31)26-25-19(27)11-30-17-6-4-14(22)8-13(17)3/h4-9,12H,10-11H2,1-3H3,(H,25,27)(H2,24,26,28,31). The lowest BCUT2D eigenvalue weighted by Crippen LogP contribution is -2.49. The van der Waals surface area contributed by atoms with Crippen molar-refractivity contribution in [1.29, 1.82) is 0 Å². The van der Waals surface area contributed by atoms with Gasteiger partial charge in [0.05, 0.1) is 12.2 Å². The molecule has 2 rings (SSSR count). The van der Waals surface area contributed by atoms with E-state index in [4.69, 9.17) is 21.7 Å². The van der Waals surface area contributed by atoms with E-state index in [1.807, 2.05) is 32.9 Å². The molecule has 2 aromatic carbocycles. The van der Waals surface area contributed by atoms with Gasteiger partial charge in [0.2, 0.25) is 0 Å². The van der Waals surface area contributed by atoms with Gasteiger partial charge in [-0.2, -0.15) is 0 Å². The fraction of sp³-hybridized carbons (Fsp3) is 0.286. The number of carbonyl (C=O) groups excluding carboxylic acids is 2. The summed E-state index contributed by atoms with van der Waals surface area (Å²) in [6.45, 7) is 6.16. The molecule has 7 nitrogen and oxygen atoms in total. The summed E-state index contributed by atoms with van der Waals surface area (Å²) in [7, 11) is 0. The molecule has 0 spiro atoms. The third-order valence-electron chi connectivity index (χ3n) is 3.80. The Balaban J connectivity index is 1.86. The number of hydrazine groups is 1. The van der Waals surface area contributed by atoms with E-state index >= 15 is 0 Å². The molecule has 2 amide bonds. The van der Waals surface area contributed by atoms with Crippen LogP contribution in [0.15, 0.2) is 45.3 Å². The summed E-state index contributed by atoms with van der Waals surface area (Å²) < 4.78 is 12.8. The van der Waals surface area contributed by atoms with Crippen molar-refractivity contribution in [3.8, 4) is 11.5 Å². The van der Waals surface area contributed by atoms with E-state index in [1.54, 1.807) is 24.3 Å². The number of amides is 2. The van der Waals surface area contributed by atoms with Crippen molar-refractivity contribution in [1.82, 2.24) is 16.2 Å². The third-order valence-corrected chi connectivity index (χ3v) is 4.99. The van der Waals surface area contributed by atoms with Crippen LogP contribution >= 0.6 is 44.1 Å². The Morgan fingerprint density at radius 3 is 2.29 bits per heavy atom. The second-order valence-electron chi connectivity index (χ2n) is 7.00. The Labute approximate surface area is 203 Å². The Hall–Kier alpha value is -2.17. The molecule has 0 aromatic heterocycles. The number of nitrogens with one attached hydrogen (secondary N) is 3. The number of rotatable bonds is 7. The van der Waals surface area contributed by atoms with Gasteiger partial charge in [0.1, 0.15) is 11.5 Å². The van der Waals surface area contributed by atoms with Gasteiger partial charge in [-0.1, -0.05) is 45.7 Å². The zero-order chi connectivity index (χ0) is 23.0. The van der Waals surface area contributed by atoms with Gasteiger partial charge in [-0.15, -0.1) is 0 Å². The predicted octanol–water partition coefficient (Wildman–Crippen LogP) is 4.27. The van der Waals surface area contributed by atoms with Crippen molar-refractivity contribution in [2.24, 2.45) is 5.92 Å². The Bertz CT molecular complexity index is 970. The summed E-state index contributed by atoms with van der Waals surface area (Å²) in [5.74, 6) is 0.425. The molecular weight excluding hydrogens is 550 g/mol. The molecule has 10 heteroatoms. The summed E-state index contributed by atoms with van der Waals surface area (Å²) in [6, 6.07) is 10.6. The maximum atomic E-state index is 12.6. The lowest BCUT2D eigenvalue weighted by Gasteiger charge is -2.15. The van der Waals surface area contributed by atoms with Crippen LogP contribution in [0.3, 0.4) is 0 Å². The number of halogens is 2. The molecule has 0 fully saturated rings. The highest BCUT2D eigenvalue weighted by Gasteiger charge is 2.16. The topological polar surface area (TPSA) is 88.7 Å². The molecule has 0 saturated heterocycles. The average molecular weight is 573 g/mol. The van der Waals surface area contributed by atoms with Crippen molar-refractivity contribution in [3.05, 3.63) is 56.5 Å². The lowest BCUT2D eigenvalue weighted by atomic mass is 10.2. The van der Waals surface area contributed by atoms with Crippen LogP contribution in [0.5, 0.6) is 11.5 Å². The van der Waals surface area contributed by atoms with Crippen LogP contribution in [-0.2, 0) is 4.79 Å². The van der Waals surface area contributed by atoms with Crippen LogP contribution in [0.1, 0.15) is 29.8 Å². The van der Waals surface area contributed by atoms with E-state index in [0.29, 0.717) is 29.6 Å². The summed E-state index contributed by atoms with van der Waals surface area (Å²) in [4.78, 5) is 24.6. The molecule has 3 N–H and O–H groups in total. The first-order chi connectivity index (χ1) is 14.7. The van der Waals surface area contributed by atoms with Crippen LogP contribution in [0.2, 0.25) is 0 Å². The molecule has 166 valence electrons. The van der Waals surface area contributed by atoms with Gasteiger partial charge in [0, 0.05) is 8.95 Å². The highest BCUT2D eigenvalue weighted by molar-refractivity contribution is 9.10. The minimum atomic E-state index is -0.464. The number of carbonyl (C=O) groups is 2. The van der Waals surface area contributed by atoms with Crippen molar-refractivity contribution in [2.45, 2.75) is 20.8 Å². The summed E-state index contributed by atoms with van der Waals surface area (Å²) in [5, 5.41) is 2.45. The second-order valence-corrected chi connectivity index (χ2v) is 9.24. The fourth-order valence-electron chi connectivity index (χ4n) is 2.34. The second kappa shape index (κ2) is 12.0. The lowest BCUT2D eigenvalue weighted by molar-refractivity contribution is -0.123. The van der Waals surface area contributed by atoms with Crippen LogP contribution in [-0.4, -0.2) is 30.1 Å². The van der Waals surface area contributed by atoms with Gasteiger partial charge in [-0.3, -0.25) is 25.8 Å². The molecule has 0 aliphatic carbocycles. The van der Waals surface area contributed by atoms with E-state index in [2.05, 4.69) is 48.0 Å². The molecule has 0 radical (unpaired) electrons. The van der Waals surface area contributed by atoms with Crippen molar-refractivity contribution in [2.75, 3.05) is 13.2 Å². The number of ether oxygens (including phenoxy) is 2.